The Morgan fingerprint density at radius 2 is 2.05 bits per heavy atom. The minimum Gasteiger partial charge on any atom is -0.463 e. The van der Waals surface area contributed by atoms with E-state index in [1.54, 1.807) is 13.0 Å². The van der Waals surface area contributed by atoms with E-state index in [1.807, 2.05) is 0 Å². The highest BCUT2D eigenvalue weighted by molar-refractivity contribution is 5.94. The maximum absolute atomic E-state index is 11.9. The van der Waals surface area contributed by atoms with Crippen LogP contribution in [0.15, 0.2) is 33.5 Å². The van der Waals surface area contributed by atoms with Crippen molar-refractivity contribution in [2.24, 2.45) is 0 Å². The number of benzene rings is 1. The predicted octanol–water partition coefficient (Wildman–Crippen LogP) is 1.93. The van der Waals surface area contributed by atoms with E-state index in [1.165, 1.54) is 19.2 Å². The molecular weight excluding hydrogens is 262 g/mol. The van der Waals surface area contributed by atoms with Gasteiger partial charge in [-0.15, -0.1) is 0 Å². The number of carbonyl (C=O) groups is 2. The first-order valence-electron chi connectivity index (χ1n) is 6.01. The Kier molecular flexibility index (Phi) is 3.84. The first-order chi connectivity index (χ1) is 9.55. The molecule has 2 rings (SSSR count). The summed E-state index contributed by atoms with van der Waals surface area (Å²) >= 11 is 0. The molecule has 0 bridgehead atoms. The molecule has 0 unspecified atom stereocenters. The summed E-state index contributed by atoms with van der Waals surface area (Å²) in [5.74, 6) is -1.03. The molecule has 6 nitrogen and oxygen atoms in total. The summed E-state index contributed by atoms with van der Waals surface area (Å²) < 4.78 is 9.80. The van der Waals surface area contributed by atoms with E-state index in [4.69, 9.17) is 4.42 Å². The third-order valence-corrected chi connectivity index (χ3v) is 2.72. The Balaban J connectivity index is 2.49. The summed E-state index contributed by atoms with van der Waals surface area (Å²) in [6, 6.07) is 5.70. The highest BCUT2D eigenvalue weighted by Gasteiger charge is 2.13. The highest BCUT2D eigenvalue weighted by atomic mass is 16.5. The lowest BCUT2D eigenvalue weighted by atomic mass is 10.2. The van der Waals surface area contributed by atoms with Gasteiger partial charge in [0.2, 0.25) is 11.7 Å². The van der Waals surface area contributed by atoms with Gasteiger partial charge in [0.1, 0.15) is 5.58 Å². The topological polar surface area (TPSA) is 85.6 Å². The summed E-state index contributed by atoms with van der Waals surface area (Å²) in [7, 11) is 1.20. The predicted molar refractivity (Wildman–Crippen MR) is 72.7 cm³/mol. The SMILES string of the molecule is CCC(=O)Nc1ccc2oc(C(=O)OC)cc(=O)c2c1. The third-order valence-electron chi connectivity index (χ3n) is 2.72. The standard InChI is InChI=1S/C14H13NO5/c1-3-13(17)15-8-4-5-11-9(6-8)10(16)7-12(20-11)14(18)19-2/h4-7H,3H2,1-2H3,(H,15,17). The van der Waals surface area contributed by atoms with Crippen molar-refractivity contribution in [3.8, 4) is 0 Å². The zero-order valence-corrected chi connectivity index (χ0v) is 11.1. The van der Waals surface area contributed by atoms with Crippen LogP contribution in [0.4, 0.5) is 5.69 Å². The lowest BCUT2D eigenvalue weighted by Crippen LogP contribution is -2.11. The van der Waals surface area contributed by atoms with Gasteiger partial charge in [0.25, 0.3) is 0 Å². The molecule has 1 aromatic carbocycles. The molecular formula is C14H13NO5. The van der Waals surface area contributed by atoms with Crippen molar-refractivity contribution in [3.05, 3.63) is 40.2 Å². The molecule has 0 aliphatic rings. The Labute approximate surface area is 114 Å². The van der Waals surface area contributed by atoms with Crippen molar-refractivity contribution in [1.29, 1.82) is 0 Å². The van der Waals surface area contributed by atoms with Gasteiger partial charge >= 0.3 is 5.97 Å². The summed E-state index contributed by atoms with van der Waals surface area (Å²) in [6.45, 7) is 1.73. The molecule has 1 amide bonds. The second kappa shape index (κ2) is 5.56. The number of ether oxygens (including phenoxy) is 1. The van der Waals surface area contributed by atoms with E-state index < -0.39 is 5.97 Å². The smallest absolute Gasteiger partial charge is 0.374 e. The highest BCUT2D eigenvalue weighted by Crippen LogP contribution is 2.18. The van der Waals surface area contributed by atoms with E-state index in [9.17, 15) is 14.4 Å². The van der Waals surface area contributed by atoms with Crippen LogP contribution < -0.4 is 10.7 Å². The fraction of sp³-hybridized carbons (Fsp3) is 0.214. The lowest BCUT2D eigenvalue weighted by molar-refractivity contribution is -0.115. The van der Waals surface area contributed by atoms with E-state index in [2.05, 4.69) is 10.1 Å². The molecule has 0 fully saturated rings. The molecule has 20 heavy (non-hydrogen) atoms. The number of amides is 1. The molecule has 0 spiro atoms. The molecule has 0 aliphatic carbocycles. The van der Waals surface area contributed by atoms with E-state index in [0.717, 1.165) is 6.07 Å². The number of esters is 1. The number of carbonyl (C=O) groups excluding carboxylic acids is 2. The second-order valence-corrected chi connectivity index (χ2v) is 4.08. The molecule has 0 aliphatic heterocycles. The van der Waals surface area contributed by atoms with Gasteiger partial charge in [-0.25, -0.2) is 4.79 Å². The second-order valence-electron chi connectivity index (χ2n) is 4.08. The summed E-state index contributed by atoms with van der Waals surface area (Å²) in [4.78, 5) is 34.6. The minimum absolute atomic E-state index is 0.153. The van der Waals surface area contributed by atoms with Crippen LogP contribution in [0.1, 0.15) is 23.9 Å². The zero-order valence-electron chi connectivity index (χ0n) is 11.1. The van der Waals surface area contributed by atoms with Crippen LogP contribution in [0.3, 0.4) is 0 Å². The maximum Gasteiger partial charge on any atom is 0.374 e. The van der Waals surface area contributed by atoms with Crippen LogP contribution in [0.2, 0.25) is 0 Å². The molecule has 0 atom stereocenters. The molecule has 0 radical (unpaired) electrons. The Bertz CT molecular complexity index is 732. The monoisotopic (exact) mass is 275 g/mol. The molecule has 1 heterocycles. The van der Waals surface area contributed by atoms with Crippen LogP contribution >= 0.6 is 0 Å². The van der Waals surface area contributed by atoms with Gasteiger partial charge in [0, 0.05) is 18.2 Å². The van der Waals surface area contributed by atoms with E-state index in [-0.39, 0.29) is 28.1 Å². The quantitative estimate of drug-likeness (QED) is 0.865. The van der Waals surface area contributed by atoms with Gasteiger partial charge in [-0.1, -0.05) is 6.92 Å². The molecule has 1 N–H and O–H groups in total. The normalized spacial score (nSPS) is 10.3. The molecule has 6 heteroatoms. The number of rotatable bonds is 3. The van der Waals surface area contributed by atoms with Crippen molar-refractivity contribution in [2.75, 3.05) is 12.4 Å². The van der Waals surface area contributed by atoms with Gasteiger partial charge in [0.05, 0.1) is 12.5 Å². The lowest BCUT2D eigenvalue weighted by Gasteiger charge is -2.05. The van der Waals surface area contributed by atoms with Crippen LogP contribution in [0.25, 0.3) is 11.0 Å². The van der Waals surface area contributed by atoms with Crippen molar-refractivity contribution in [1.82, 2.24) is 0 Å². The molecule has 0 saturated carbocycles. The summed E-state index contributed by atoms with van der Waals surface area (Å²) in [5.41, 5.74) is 0.383. The van der Waals surface area contributed by atoms with Crippen molar-refractivity contribution in [3.63, 3.8) is 0 Å². The van der Waals surface area contributed by atoms with E-state index in [0.29, 0.717) is 12.1 Å². The van der Waals surface area contributed by atoms with Gasteiger partial charge in [-0.3, -0.25) is 9.59 Å². The van der Waals surface area contributed by atoms with Crippen LogP contribution in [-0.2, 0) is 9.53 Å². The fourth-order valence-electron chi connectivity index (χ4n) is 1.68. The fourth-order valence-corrected chi connectivity index (χ4v) is 1.68. The molecule has 104 valence electrons. The number of methoxy groups -OCH3 is 1. The zero-order chi connectivity index (χ0) is 14.7. The van der Waals surface area contributed by atoms with Crippen molar-refractivity contribution >= 4 is 28.5 Å². The number of hydrogen-bond donors (Lipinski definition) is 1. The van der Waals surface area contributed by atoms with E-state index >= 15 is 0 Å². The number of fused-ring (bicyclic) bond motifs is 1. The van der Waals surface area contributed by atoms with Gasteiger partial charge < -0.3 is 14.5 Å². The van der Waals surface area contributed by atoms with Crippen molar-refractivity contribution in [2.45, 2.75) is 13.3 Å². The Morgan fingerprint density at radius 1 is 1.30 bits per heavy atom. The Morgan fingerprint density at radius 3 is 2.70 bits per heavy atom. The number of nitrogens with one attached hydrogen (secondary N) is 1. The van der Waals surface area contributed by atoms with Gasteiger partial charge in [-0.05, 0) is 18.2 Å². The average molecular weight is 275 g/mol. The number of hydrogen-bond acceptors (Lipinski definition) is 5. The molecule has 1 aromatic heterocycles. The van der Waals surface area contributed by atoms with Gasteiger partial charge in [-0.2, -0.15) is 0 Å². The van der Waals surface area contributed by atoms with Crippen LogP contribution in [0, 0.1) is 0 Å². The third kappa shape index (κ3) is 2.69. The summed E-state index contributed by atoms with van der Waals surface area (Å²) in [5, 5.41) is 2.93. The van der Waals surface area contributed by atoms with Crippen LogP contribution in [-0.4, -0.2) is 19.0 Å². The Hall–Kier alpha value is -2.63. The van der Waals surface area contributed by atoms with Crippen LogP contribution in [0.5, 0.6) is 0 Å². The number of anilines is 1. The minimum atomic E-state index is -0.715. The first kappa shape index (κ1) is 13.8. The molecule has 2 aromatic rings. The van der Waals surface area contributed by atoms with Gasteiger partial charge in [0.15, 0.2) is 5.43 Å². The largest absolute Gasteiger partial charge is 0.463 e. The first-order valence-corrected chi connectivity index (χ1v) is 6.01. The maximum atomic E-state index is 11.9. The van der Waals surface area contributed by atoms with Crippen molar-refractivity contribution < 1.29 is 18.7 Å². The average Bonchev–Trinajstić information content (AvgIpc) is 2.46. The molecule has 0 saturated heterocycles. The summed E-state index contributed by atoms with van der Waals surface area (Å²) in [6.07, 6.45) is 0.341.